The fourth-order valence-corrected chi connectivity index (χ4v) is 2.68. The fourth-order valence-electron chi connectivity index (χ4n) is 2.15. The number of para-hydroxylation sites is 1. The molecule has 23 heavy (non-hydrogen) atoms. The second-order valence-corrected chi connectivity index (χ2v) is 6.22. The van der Waals surface area contributed by atoms with E-state index in [0.29, 0.717) is 16.4 Å². The fraction of sp³-hybridized carbons (Fsp3) is 0.0625. The largest absolute Gasteiger partial charge is 0.356 e. The van der Waals surface area contributed by atoms with Crippen molar-refractivity contribution in [2.75, 3.05) is 0 Å². The Kier molecular flexibility index (Phi) is 4.45. The zero-order valence-electron chi connectivity index (χ0n) is 12.1. The Morgan fingerprint density at radius 1 is 1.43 bits per heavy atom. The SMILES string of the molecule is Cc1cccc2cc(/C=N\NC(=O)c3cc(Br)c[nH]3)c(Cl)nc12. The number of benzene rings is 1. The van der Waals surface area contributed by atoms with Gasteiger partial charge < -0.3 is 4.98 Å². The van der Waals surface area contributed by atoms with Crippen LogP contribution in [0.1, 0.15) is 21.6 Å². The number of hydrogen-bond acceptors (Lipinski definition) is 3. The monoisotopic (exact) mass is 390 g/mol. The van der Waals surface area contributed by atoms with E-state index in [2.05, 4.69) is 36.4 Å². The lowest BCUT2D eigenvalue weighted by atomic mass is 10.1. The van der Waals surface area contributed by atoms with Crippen LogP contribution in [0.3, 0.4) is 0 Å². The van der Waals surface area contributed by atoms with E-state index in [9.17, 15) is 4.79 Å². The third-order valence-corrected chi connectivity index (χ3v) is 4.05. The molecule has 0 aliphatic heterocycles. The van der Waals surface area contributed by atoms with Crippen molar-refractivity contribution < 1.29 is 4.79 Å². The molecule has 0 aliphatic carbocycles. The van der Waals surface area contributed by atoms with Crippen molar-refractivity contribution in [3.63, 3.8) is 0 Å². The number of pyridine rings is 1. The maximum atomic E-state index is 11.9. The number of halogens is 2. The molecule has 2 aromatic heterocycles. The molecule has 0 saturated heterocycles. The van der Waals surface area contributed by atoms with Crippen LogP contribution >= 0.6 is 27.5 Å². The normalized spacial score (nSPS) is 11.3. The molecule has 3 rings (SSSR count). The summed E-state index contributed by atoms with van der Waals surface area (Å²) >= 11 is 9.45. The van der Waals surface area contributed by atoms with E-state index in [1.54, 1.807) is 12.3 Å². The summed E-state index contributed by atoms with van der Waals surface area (Å²) in [7, 11) is 0. The van der Waals surface area contributed by atoms with Gasteiger partial charge in [0.15, 0.2) is 0 Å². The van der Waals surface area contributed by atoms with E-state index in [4.69, 9.17) is 11.6 Å². The number of amides is 1. The summed E-state index contributed by atoms with van der Waals surface area (Å²) < 4.78 is 0.795. The van der Waals surface area contributed by atoms with E-state index in [-0.39, 0.29) is 5.91 Å². The van der Waals surface area contributed by atoms with Crippen LogP contribution in [0.4, 0.5) is 0 Å². The number of hydrazone groups is 1. The molecule has 2 N–H and O–H groups in total. The molecule has 7 heteroatoms. The first kappa shape index (κ1) is 15.7. The Morgan fingerprint density at radius 2 is 2.26 bits per heavy atom. The molecule has 5 nitrogen and oxygen atoms in total. The van der Waals surface area contributed by atoms with Gasteiger partial charge in [0.1, 0.15) is 10.8 Å². The van der Waals surface area contributed by atoms with Crippen molar-refractivity contribution in [1.82, 2.24) is 15.4 Å². The Labute approximate surface area is 145 Å². The second kappa shape index (κ2) is 6.52. The van der Waals surface area contributed by atoms with Gasteiger partial charge in [0, 0.05) is 21.6 Å². The van der Waals surface area contributed by atoms with Crippen LogP contribution in [0.2, 0.25) is 5.15 Å². The number of carbonyl (C=O) groups excluding carboxylic acids is 1. The average Bonchev–Trinajstić information content (AvgIpc) is 2.95. The Morgan fingerprint density at radius 3 is 3.00 bits per heavy atom. The maximum absolute atomic E-state index is 11.9. The molecular weight excluding hydrogens is 380 g/mol. The van der Waals surface area contributed by atoms with E-state index in [1.165, 1.54) is 6.21 Å². The van der Waals surface area contributed by atoms with Gasteiger partial charge in [-0.2, -0.15) is 5.10 Å². The summed E-state index contributed by atoms with van der Waals surface area (Å²) in [5, 5.41) is 5.24. The highest BCUT2D eigenvalue weighted by atomic mass is 79.9. The van der Waals surface area contributed by atoms with Crippen LogP contribution in [-0.4, -0.2) is 22.1 Å². The molecule has 2 heterocycles. The van der Waals surface area contributed by atoms with Gasteiger partial charge in [0.05, 0.1) is 11.7 Å². The van der Waals surface area contributed by atoms with Gasteiger partial charge in [0.2, 0.25) is 0 Å². The minimum absolute atomic E-state index is 0.340. The summed E-state index contributed by atoms with van der Waals surface area (Å²) in [6, 6.07) is 9.45. The summed E-state index contributed by atoms with van der Waals surface area (Å²) in [5.74, 6) is -0.340. The Balaban J connectivity index is 1.81. The lowest BCUT2D eigenvalue weighted by molar-refractivity contribution is 0.0951. The highest BCUT2D eigenvalue weighted by Crippen LogP contribution is 2.21. The third kappa shape index (κ3) is 3.43. The molecule has 0 saturated carbocycles. The summed E-state index contributed by atoms with van der Waals surface area (Å²) in [4.78, 5) is 19.1. The number of rotatable bonds is 3. The van der Waals surface area contributed by atoms with Crippen molar-refractivity contribution in [3.8, 4) is 0 Å². The Bertz CT molecular complexity index is 920. The molecule has 116 valence electrons. The van der Waals surface area contributed by atoms with Crippen molar-refractivity contribution in [1.29, 1.82) is 0 Å². The van der Waals surface area contributed by atoms with Crippen molar-refractivity contribution in [2.45, 2.75) is 6.92 Å². The van der Waals surface area contributed by atoms with E-state index in [1.807, 2.05) is 31.2 Å². The summed E-state index contributed by atoms with van der Waals surface area (Å²) in [5.41, 5.74) is 5.40. The smallest absolute Gasteiger partial charge is 0.287 e. The van der Waals surface area contributed by atoms with E-state index >= 15 is 0 Å². The van der Waals surface area contributed by atoms with Crippen LogP contribution in [0, 0.1) is 6.92 Å². The topological polar surface area (TPSA) is 70.1 Å². The molecule has 0 spiro atoms. The highest BCUT2D eigenvalue weighted by Gasteiger charge is 2.07. The molecule has 1 aromatic carbocycles. The van der Waals surface area contributed by atoms with Gasteiger partial charge >= 0.3 is 0 Å². The van der Waals surface area contributed by atoms with Crippen LogP contribution in [0.25, 0.3) is 10.9 Å². The molecule has 0 unspecified atom stereocenters. The molecule has 0 radical (unpaired) electrons. The van der Waals surface area contributed by atoms with Gasteiger partial charge in [-0.25, -0.2) is 10.4 Å². The number of aromatic amines is 1. The van der Waals surface area contributed by atoms with E-state index in [0.717, 1.165) is 20.9 Å². The van der Waals surface area contributed by atoms with Crippen LogP contribution in [-0.2, 0) is 0 Å². The molecule has 0 atom stereocenters. The lowest BCUT2D eigenvalue weighted by Gasteiger charge is -2.04. The average molecular weight is 392 g/mol. The predicted octanol–water partition coefficient (Wildman–Crippen LogP) is 4.05. The zero-order chi connectivity index (χ0) is 16.4. The van der Waals surface area contributed by atoms with Gasteiger partial charge in [0.25, 0.3) is 5.91 Å². The quantitative estimate of drug-likeness (QED) is 0.402. The van der Waals surface area contributed by atoms with Gasteiger partial charge in [-0.05, 0) is 40.5 Å². The summed E-state index contributed by atoms with van der Waals surface area (Å²) in [6.45, 7) is 1.98. The Hall–Kier alpha value is -2.18. The number of nitrogens with one attached hydrogen (secondary N) is 2. The number of carbonyl (C=O) groups is 1. The number of aromatic nitrogens is 2. The number of nitrogens with zero attached hydrogens (tertiary/aromatic N) is 2. The first-order valence-corrected chi connectivity index (χ1v) is 7.95. The first-order valence-electron chi connectivity index (χ1n) is 6.78. The number of hydrogen-bond donors (Lipinski definition) is 2. The molecule has 0 bridgehead atoms. The molecule has 0 fully saturated rings. The minimum atomic E-state index is -0.340. The van der Waals surface area contributed by atoms with Crippen molar-refractivity contribution in [3.05, 3.63) is 63.0 Å². The van der Waals surface area contributed by atoms with Crippen LogP contribution < -0.4 is 5.43 Å². The predicted molar refractivity (Wildman–Crippen MR) is 95.0 cm³/mol. The number of H-pyrrole nitrogens is 1. The van der Waals surface area contributed by atoms with Gasteiger partial charge in [-0.15, -0.1) is 0 Å². The highest BCUT2D eigenvalue weighted by molar-refractivity contribution is 9.10. The maximum Gasteiger partial charge on any atom is 0.287 e. The lowest BCUT2D eigenvalue weighted by Crippen LogP contribution is -2.17. The zero-order valence-corrected chi connectivity index (χ0v) is 14.4. The molecule has 1 amide bonds. The molecule has 0 aliphatic rings. The third-order valence-electron chi connectivity index (χ3n) is 3.29. The standard InChI is InChI=1S/C16H12BrClN4O/c1-9-3-2-4-10-5-11(15(18)21-14(9)10)7-20-22-16(23)13-6-12(17)8-19-13/h2-8,19H,1H3,(H,22,23)/b20-7-. The van der Waals surface area contributed by atoms with Crippen LogP contribution in [0.5, 0.6) is 0 Å². The first-order chi connectivity index (χ1) is 11.0. The van der Waals surface area contributed by atoms with Gasteiger partial charge in [-0.3, -0.25) is 4.79 Å². The van der Waals surface area contributed by atoms with Crippen molar-refractivity contribution in [2.24, 2.45) is 5.10 Å². The summed E-state index contributed by atoms with van der Waals surface area (Å²) in [6.07, 6.45) is 3.15. The van der Waals surface area contributed by atoms with Crippen molar-refractivity contribution >= 4 is 50.6 Å². The molecular formula is C16H12BrClN4O. The van der Waals surface area contributed by atoms with Crippen LogP contribution in [0.15, 0.2) is 46.1 Å². The minimum Gasteiger partial charge on any atom is -0.356 e. The number of fused-ring (bicyclic) bond motifs is 1. The second-order valence-electron chi connectivity index (χ2n) is 4.95. The molecule has 3 aromatic rings. The van der Waals surface area contributed by atoms with E-state index < -0.39 is 0 Å². The number of aryl methyl sites for hydroxylation is 1. The van der Waals surface area contributed by atoms with Gasteiger partial charge in [-0.1, -0.05) is 29.8 Å².